The van der Waals surface area contributed by atoms with Crippen LogP contribution in [0.25, 0.3) is 0 Å². The van der Waals surface area contributed by atoms with Crippen molar-refractivity contribution in [1.82, 2.24) is 10.2 Å². The fourth-order valence-electron chi connectivity index (χ4n) is 1.97. The highest BCUT2D eigenvalue weighted by Crippen LogP contribution is 2.16. The van der Waals surface area contributed by atoms with Gasteiger partial charge in [0, 0.05) is 12.6 Å². The third-order valence-electron chi connectivity index (χ3n) is 3.16. The molecule has 0 radical (unpaired) electrons. The Morgan fingerprint density at radius 2 is 1.81 bits per heavy atom. The van der Waals surface area contributed by atoms with Crippen molar-refractivity contribution >= 4 is 5.91 Å². The van der Waals surface area contributed by atoms with Gasteiger partial charge in [0.2, 0.25) is 5.91 Å². The molecule has 4 nitrogen and oxygen atoms in total. The van der Waals surface area contributed by atoms with Crippen molar-refractivity contribution in [2.45, 2.75) is 45.7 Å². The van der Waals surface area contributed by atoms with E-state index in [-0.39, 0.29) is 5.91 Å². The van der Waals surface area contributed by atoms with Crippen molar-refractivity contribution in [2.24, 2.45) is 11.7 Å². The lowest BCUT2D eigenvalue weighted by Crippen LogP contribution is -2.48. The second kappa shape index (κ2) is 7.63. The number of nitrogens with one attached hydrogen (secondary N) is 1. The van der Waals surface area contributed by atoms with Crippen LogP contribution in [0.3, 0.4) is 0 Å². The Morgan fingerprint density at radius 3 is 2.12 bits per heavy atom. The van der Waals surface area contributed by atoms with Gasteiger partial charge >= 0.3 is 0 Å². The van der Waals surface area contributed by atoms with Crippen molar-refractivity contribution in [2.75, 3.05) is 20.6 Å². The van der Waals surface area contributed by atoms with Crippen molar-refractivity contribution in [3.8, 4) is 0 Å². The average molecular weight is 229 g/mol. The molecule has 0 rings (SSSR count). The zero-order valence-electron chi connectivity index (χ0n) is 11.3. The lowest BCUT2D eigenvalue weighted by molar-refractivity contribution is -0.122. The summed E-state index contributed by atoms with van der Waals surface area (Å²) in [5, 5.41) is 2.91. The van der Waals surface area contributed by atoms with E-state index in [9.17, 15) is 4.79 Å². The minimum atomic E-state index is -0.426. The molecule has 0 aliphatic carbocycles. The van der Waals surface area contributed by atoms with Gasteiger partial charge in [-0.25, -0.2) is 0 Å². The quantitative estimate of drug-likeness (QED) is 0.679. The van der Waals surface area contributed by atoms with E-state index < -0.39 is 6.04 Å². The Balaban J connectivity index is 4.29. The third kappa shape index (κ3) is 4.94. The summed E-state index contributed by atoms with van der Waals surface area (Å²) in [6.07, 6.45) is 2.26. The molecular weight excluding hydrogens is 202 g/mol. The monoisotopic (exact) mass is 229 g/mol. The number of nitrogens with two attached hydrogens (primary N) is 1. The lowest BCUT2D eigenvalue weighted by Gasteiger charge is -2.31. The Labute approximate surface area is 99.6 Å². The molecular formula is C12H27N3O. The number of hydrogen-bond acceptors (Lipinski definition) is 3. The zero-order chi connectivity index (χ0) is 12.7. The molecule has 0 aromatic carbocycles. The number of hydrogen-bond donors (Lipinski definition) is 2. The lowest BCUT2D eigenvalue weighted by atomic mass is 9.93. The van der Waals surface area contributed by atoms with Gasteiger partial charge in [-0.2, -0.15) is 0 Å². The average Bonchev–Trinajstić information content (AvgIpc) is 2.22. The van der Waals surface area contributed by atoms with Crippen LogP contribution >= 0.6 is 0 Å². The molecule has 0 aliphatic rings. The predicted octanol–water partition coefficient (Wildman–Crippen LogP) is 0.816. The molecule has 0 saturated heterocycles. The molecule has 2 atom stereocenters. The first-order valence-electron chi connectivity index (χ1n) is 6.13. The van der Waals surface area contributed by atoms with Crippen molar-refractivity contribution < 1.29 is 4.79 Å². The second-order valence-electron chi connectivity index (χ2n) is 4.64. The van der Waals surface area contributed by atoms with E-state index in [1.807, 2.05) is 0 Å². The standard InChI is InChI=1S/C12H27N3O/c1-6-10(7-2)11(15(4)5)8-14-12(16)9(3)13/h9-11H,6-8,13H2,1-5H3,(H,14,16)/t9-,11?/m0/s1. The molecule has 1 unspecified atom stereocenters. The fourth-order valence-corrected chi connectivity index (χ4v) is 1.97. The second-order valence-corrected chi connectivity index (χ2v) is 4.64. The predicted molar refractivity (Wildman–Crippen MR) is 68.2 cm³/mol. The van der Waals surface area contributed by atoms with Crippen LogP contribution in [0.15, 0.2) is 0 Å². The minimum absolute atomic E-state index is 0.0715. The highest BCUT2D eigenvalue weighted by atomic mass is 16.2. The summed E-state index contributed by atoms with van der Waals surface area (Å²) in [6.45, 7) is 6.77. The molecule has 96 valence electrons. The highest BCUT2D eigenvalue weighted by molar-refractivity contribution is 5.80. The zero-order valence-corrected chi connectivity index (χ0v) is 11.3. The van der Waals surface area contributed by atoms with Gasteiger partial charge in [0.15, 0.2) is 0 Å². The summed E-state index contributed by atoms with van der Waals surface area (Å²) in [5.74, 6) is 0.543. The van der Waals surface area contributed by atoms with Crippen LogP contribution in [0, 0.1) is 5.92 Å². The SMILES string of the molecule is CCC(CC)C(CNC(=O)[C@H](C)N)N(C)C. The van der Waals surface area contributed by atoms with Gasteiger partial charge in [0.05, 0.1) is 6.04 Å². The molecule has 0 aliphatic heterocycles. The van der Waals surface area contributed by atoms with Crippen LogP contribution in [-0.4, -0.2) is 43.5 Å². The van der Waals surface area contributed by atoms with E-state index in [0.717, 1.165) is 12.8 Å². The molecule has 0 aromatic rings. The molecule has 0 aromatic heterocycles. The van der Waals surface area contributed by atoms with Crippen LogP contribution < -0.4 is 11.1 Å². The van der Waals surface area contributed by atoms with Crippen LogP contribution in [0.5, 0.6) is 0 Å². The normalized spacial score (nSPS) is 15.2. The topological polar surface area (TPSA) is 58.4 Å². The molecule has 16 heavy (non-hydrogen) atoms. The van der Waals surface area contributed by atoms with Crippen LogP contribution in [0.4, 0.5) is 0 Å². The van der Waals surface area contributed by atoms with Crippen LogP contribution in [0.1, 0.15) is 33.6 Å². The maximum absolute atomic E-state index is 11.4. The van der Waals surface area contributed by atoms with E-state index in [0.29, 0.717) is 18.5 Å². The Kier molecular flexibility index (Phi) is 7.34. The number of nitrogens with zero attached hydrogens (tertiary/aromatic N) is 1. The number of rotatable bonds is 7. The summed E-state index contributed by atoms with van der Waals surface area (Å²) < 4.78 is 0. The van der Waals surface area contributed by atoms with Gasteiger partial charge in [0.25, 0.3) is 0 Å². The van der Waals surface area contributed by atoms with Gasteiger partial charge in [-0.3, -0.25) is 4.79 Å². The summed E-state index contributed by atoms with van der Waals surface area (Å²) >= 11 is 0. The Bertz CT molecular complexity index is 200. The van der Waals surface area contributed by atoms with Crippen molar-refractivity contribution in [3.63, 3.8) is 0 Å². The maximum Gasteiger partial charge on any atom is 0.236 e. The van der Waals surface area contributed by atoms with Gasteiger partial charge < -0.3 is 16.0 Å². The third-order valence-corrected chi connectivity index (χ3v) is 3.16. The molecule has 0 fully saturated rings. The molecule has 1 amide bonds. The first-order chi connectivity index (χ1) is 7.43. The summed E-state index contributed by atoms with van der Waals surface area (Å²) in [7, 11) is 4.11. The summed E-state index contributed by atoms with van der Waals surface area (Å²) in [4.78, 5) is 13.6. The Hall–Kier alpha value is -0.610. The number of likely N-dealkylation sites (N-methyl/N-ethyl adjacent to an activating group) is 1. The van der Waals surface area contributed by atoms with Gasteiger partial charge in [-0.05, 0) is 26.9 Å². The van der Waals surface area contributed by atoms with E-state index >= 15 is 0 Å². The van der Waals surface area contributed by atoms with Gasteiger partial charge in [0.1, 0.15) is 0 Å². The smallest absolute Gasteiger partial charge is 0.236 e. The molecule has 0 spiro atoms. The molecule has 0 bridgehead atoms. The van der Waals surface area contributed by atoms with Crippen LogP contribution in [-0.2, 0) is 4.79 Å². The first kappa shape index (κ1) is 15.4. The number of amides is 1. The minimum Gasteiger partial charge on any atom is -0.353 e. The molecule has 4 heteroatoms. The fraction of sp³-hybridized carbons (Fsp3) is 0.917. The molecule has 3 N–H and O–H groups in total. The molecule has 0 saturated carbocycles. The summed E-state index contributed by atoms with van der Waals surface area (Å²) in [6, 6.07) is -0.0396. The summed E-state index contributed by atoms with van der Waals surface area (Å²) in [5.41, 5.74) is 5.51. The first-order valence-corrected chi connectivity index (χ1v) is 6.13. The van der Waals surface area contributed by atoms with E-state index in [4.69, 9.17) is 5.73 Å². The largest absolute Gasteiger partial charge is 0.353 e. The van der Waals surface area contributed by atoms with Crippen LogP contribution in [0.2, 0.25) is 0 Å². The van der Waals surface area contributed by atoms with Gasteiger partial charge in [-0.1, -0.05) is 26.7 Å². The molecule has 0 heterocycles. The van der Waals surface area contributed by atoms with E-state index in [1.54, 1.807) is 6.92 Å². The van der Waals surface area contributed by atoms with Gasteiger partial charge in [-0.15, -0.1) is 0 Å². The van der Waals surface area contributed by atoms with E-state index in [1.165, 1.54) is 0 Å². The number of carbonyl (C=O) groups is 1. The van der Waals surface area contributed by atoms with Crippen molar-refractivity contribution in [3.05, 3.63) is 0 Å². The maximum atomic E-state index is 11.4. The Morgan fingerprint density at radius 1 is 1.31 bits per heavy atom. The van der Waals surface area contributed by atoms with Crippen molar-refractivity contribution in [1.29, 1.82) is 0 Å². The highest BCUT2D eigenvalue weighted by Gasteiger charge is 2.21. The number of carbonyl (C=O) groups excluding carboxylic acids is 1. The van der Waals surface area contributed by atoms with E-state index in [2.05, 4.69) is 38.2 Å².